The van der Waals surface area contributed by atoms with Crippen molar-refractivity contribution in [1.82, 2.24) is 4.98 Å². The molecule has 0 saturated carbocycles. The summed E-state index contributed by atoms with van der Waals surface area (Å²) in [4.78, 5) is 14.3. The van der Waals surface area contributed by atoms with Gasteiger partial charge >= 0.3 is 5.97 Å². The summed E-state index contributed by atoms with van der Waals surface area (Å²) >= 11 is 3.99. The van der Waals surface area contributed by atoms with Gasteiger partial charge in [0.1, 0.15) is 14.4 Å². The number of carbonyl (C=O) groups is 1. The molecule has 0 fully saturated rings. The fourth-order valence-electron chi connectivity index (χ4n) is 1.31. The van der Waals surface area contributed by atoms with E-state index in [4.69, 9.17) is 5.11 Å². The van der Waals surface area contributed by atoms with Gasteiger partial charge in [-0.2, -0.15) is 0 Å². The highest BCUT2D eigenvalue weighted by Crippen LogP contribution is 2.24. The quantitative estimate of drug-likeness (QED) is 0.814. The summed E-state index contributed by atoms with van der Waals surface area (Å²) in [5.41, 5.74) is 0.255. The minimum atomic E-state index is -3.93. The topological polar surface area (TPSA) is 96.4 Å². The smallest absolute Gasteiger partial charge is 0.347 e. The van der Waals surface area contributed by atoms with Crippen molar-refractivity contribution in [2.24, 2.45) is 0 Å². The van der Waals surface area contributed by atoms with Crippen molar-refractivity contribution < 1.29 is 18.3 Å². The molecule has 0 radical (unpaired) electrons. The molecule has 100 valence electrons. The molecule has 0 amide bonds. The van der Waals surface area contributed by atoms with Gasteiger partial charge in [0.05, 0.1) is 11.9 Å². The van der Waals surface area contributed by atoms with Crippen LogP contribution in [-0.2, 0) is 10.0 Å². The lowest BCUT2D eigenvalue weighted by Gasteiger charge is -2.07. The van der Waals surface area contributed by atoms with Gasteiger partial charge in [-0.15, -0.1) is 11.3 Å². The lowest BCUT2D eigenvalue weighted by Crippen LogP contribution is -2.15. The number of aromatic carboxylic acids is 1. The molecule has 0 unspecified atom stereocenters. The zero-order valence-corrected chi connectivity index (χ0v) is 12.4. The first-order valence-electron chi connectivity index (χ1n) is 4.85. The molecule has 6 nitrogen and oxygen atoms in total. The molecule has 2 N–H and O–H groups in total. The monoisotopic (exact) mass is 362 g/mol. The van der Waals surface area contributed by atoms with Crippen LogP contribution in [0, 0.1) is 0 Å². The van der Waals surface area contributed by atoms with E-state index in [-0.39, 0.29) is 15.5 Å². The number of halogens is 1. The number of pyridine rings is 1. The van der Waals surface area contributed by atoms with E-state index in [9.17, 15) is 13.2 Å². The van der Waals surface area contributed by atoms with Crippen LogP contribution in [-0.4, -0.2) is 24.5 Å². The first-order chi connectivity index (χ1) is 8.90. The molecule has 0 aromatic carbocycles. The number of sulfonamides is 1. The molecule has 0 atom stereocenters. The molecule has 0 bridgehead atoms. The van der Waals surface area contributed by atoms with Crippen LogP contribution >= 0.6 is 27.3 Å². The van der Waals surface area contributed by atoms with Gasteiger partial charge in [-0.25, -0.2) is 18.2 Å². The van der Waals surface area contributed by atoms with E-state index in [1.807, 2.05) is 0 Å². The van der Waals surface area contributed by atoms with E-state index in [1.54, 1.807) is 6.07 Å². The number of nitrogens with zero attached hydrogens (tertiary/aromatic N) is 1. The standard InChI is InChI=1S/C10H7BrN2O4S2/c11-8-2-1-6(5-12-8)13-19(16,17)7-3-4-18-9(7)10(14)15/h1-5,13H,(H,14,15). The second-order valence-electron chi connectivity index (χ2n) is 3.39. The van der Waals surface area contributed by atoms with Crippen molar-refractivity contribution in [1.29, 1.82) is 0 Å². The summed E-state index contributed by atoms with van der Waals surface area (Å²) in [6.45, 7) is 0. The third-order valence-electron chi connectivity index (χ3n) is 2.09. The van der Waals surface area contributed by atoms with E-state index in [0.717, 1.165) is 11.3 Å². The van der Waals surface area contributed by atoms with Gasteiger partial charge < -0.3 is 5.11 Å². The highest BCUT2D eigenvalue weighted by molar-refractivity contribution is 9.10. The first-order valence-corrected chi connectivity index (χ1v) is 8.01. The van der Waals surface area contributed by atoms with Crippen molar-refractivity contribution in [2.75, 3.05) is 4.72 Å². The number of hydrogen-bond donors (Lipinski definition) is 2. The van der Waals surface area contributed by atoms with Crippen LogP contribution in [0.1, 0.15) is 9.67 Å². The number of carboxylic acids is 1. The van der Waals surface area contributed by atoms with Crippen molar-refractivity contribution >= 4 is 48.9 Å². The lowest BCUT2D eigenvalue weighted by molar-refractivity contribution is 0.0698. The van der Waals surface area contributed by atoms with Gasteiger partial charge in [0, 0.05) is 0 Å². The summed E-state index contributed by atoms with van der Waals surface area (Å²) in [6.07, 6.45) is 1.33. The van der Waals surface area contributed by atoms with E-state index < -0.39 is 16.0 Å². The Balaban J connectivity index is 2.35. The average Bonchev–Trinajstić information content (AvgIpc) is 2.82. The molecule has 9 heteroatoms. The van der Waals surface area contributed by atoms with Gasteiger partial charge in [0.15, 0.2) is 0 Å². The van der Waals surface area contributed by atoms with Crippen LogP contribution in [0.5, 0.6) is 0 Å². The highest BCUT2D eigenvalue weighted by Gasteiger charge is 2.23. The Bertz CT molecular complexity index is 709. The minimum Gasteiger partial charge on any atom is -0.477 e. The van der Waals surface area contributed by atoms with Gasteiger partial charge in [0.2, 0.25) is 0 Å². The van der Waals surface area contributed by atoms with Crippen LogP contribution in [0.4, 0.5) is 5.69 Å². The van der Waals surface area contributed by atoms with Crippen molar-refractivity contribution in [3.05, 3.63) is 39.3 Å². The Kier molecular flexibility index (Phi) is 3.88. The molecule has 2 rings (SSSR count). The van der Waals surface area contributed by atoms with E-state index >= 15 is 0 Å². The molecule has 0 spiro atoms. The molecule has 0 aliphatic rings. The van der Waals surface area contributed by atoms with Crippen LogP contribution in [0.2, 0.25) is 0 Å². The van der Waals surface area contributed by atoms with Gasteiger partial charge in [0.25, 0.3) is 10.0 Å². The Morgan fingerprint density at radius 1 is 1.37 bits per heavy atom. The summed E-state index contributed by atoms with van der Waals surface area (Å²) in [6, 6.07) is 4.34. The van der Waals surface area contributed by atoms with Crippen LogP contribution < -0.4 is 4.72 Å². The molecule has 0 aliphatic heterocycles. The maximum Gasteiger partial charge on any atom is 0.347 e. The number of hydrogen-bond acceptors (Lipinski definition) is 5. The Hall–Kier alpha value is -1.45. The zero-order chi connectivity index (χ0) is 14.0. The second kappa shape index (κ2) is 5.27. The normalized spacial score (nSPS) is 11.2. The third kappa shape index (κ3) is 3.11. The molecule has 0 saturated heterocycles. The molecular formula is C10H7BrN2O4S2. The minimum absolute atomic E-state index is 0.224. The molecule has 2 aromatic heterocycles. The Labute approximate surface area is 121 Å². The van der Waals surface area contributed by atoms with Crippen molar-refractivity contribution in [2.45, 2.75) is 4.90 Å². The predicted molar refractivity (Wildman–Crippen MR) is 74.0 cm³/mol. The van der Waals surface area contributed by atoms with Crippen LogP contribution in [0.25, 0.3) is 0 Å². The largest absolute Gasteiger partial charge is 0.477 e. The van der Waals surface area contributed by atoms with Crippen LogP contribution in [0.15, 0.2) is 39.3 Å². The number of anilines is 1. The van der Waals surface area contributed by atoms with Crippen molar-refractivity contribution in [3.63, 3.8) is 0 Å². The molecule has 2 aromatic rings. The maximum absolute atomic E-state index is 12.1. The van der Waals surface area contributed by atoms with Gasteiger partial charge in [-0.1, -0.05) is 0 Å². The molecule has 2 heterocycles. The first kappa shape index (κ1) is 14.0. The summed E-state index contributed by atoms with van der Waals surface area (Å²) in [5, 5.41) is 10.3. The number of rotatable bonds is 4. The number of thiophene rings is 1. The number of nitrogens with one attached hydrogen (secondary N) is 1. The zero-order valence-electron chi connectivity index (χ0n) is 9.20. The fourth-order valence-corrected chi connectivity index (χ4v) is 3.85. The van der Waals surface area contributed by atoms with E-state index in [0.29, 0.717) is 4.60 Å². The van der Waals surface area contributed by atoms with Gasteiger partial charge in [-0.3, -0.25) is 4.72 Å². The maximum atomic E-state index is 12.1. The fraction of sp³-hybridized carbons (Fsp3) is 0. The molecule has 19 heavy (non-hydrogen) atoms. The molecule has 0 aliphatic carbocycles. The van der Waals surface area contributed by atoms with E-state index in [2.05, 4.69) is 25.6 Å². The number of aromatic nitrogens is 1. The van der Waals surface area contributed by atoms with E-state index in [1.165, 1.54) is 23.7 Å². The molecular weight excluding hydrogens is 356 g/mol. The predicted octanol–water partition coefficient (Wildman–Crippen LogP) is 2.40. The highest BCUT2D eigenvalue weighted by atomic mass is 79.9. The number of carboxylic acid groups (broad SMARTS) is 1. The summed E-state index contributed by atoms with van der Waals surface area (Å²) in [7, 11) is -3.93. The lowest BCUT2D eigenvalue weighted by atomic mass is 10.4. The van der Waals surface area contributed by atoms with Crippen molar-refractivity contribution in [3.8, 4) is 0 Å². The second-order valence-corrected chi connectivity index (χ2v) is 6.77. The Morgan fingerprint density at radius 3 is 2.68 bits per heavy atom. The van der Waals surface area contributed by atoms with Gasteiger partial charge in [-0.05, 0) is 39.5 Å². The average molecular weight is 363 g/mol. The summed E-state index contributed by atoms with van der Waals surface area (Å²) in [5.74, 6) is -1.27. The SMILES string of the molecule is O=C(O)c1sccc1S(=O)(=O)Nc1ccc(Br)nc1. The Morgan fingerprint density at radius 2 is 2.11 bits per heavy atom. The third-order valence-corrected chi connectivity index (χ3v) is 5.02. The summed E-state index contributed by atoms with van der Waals surface area (Å²) < 4.78 is 27.0. The van der Waals surface area contributed by atoms with Crippen LogP contribution in [0.3, 0.4) is 0 Å².